The van der Waals surface area contributed by atoms with Gasteiger partial charge in [0, 0.05) is 28.4 Å². The second-order valence-corrected chi connectivity index (χ2v) is 10.5. The molecule has 1 aliphatic heterocycles. The number of aryl methyl sites for hydroxylation is 1. The second-order valence-electron chi connectivity index (χ2n) is 6.14. The van der Waals surface area contributed by atoms with Crippen LogP contribution >= 0.6 is 23.1 Å². The van der Waals surface area contributed by atoms with Crippen LogP contribution in [0.1, 0.15) is 34.5 Å². The molecule has 1 amide bonds. The summed E-state index contributed by atoms with van der Waals surface area (Å²) in [6.45, 7) is 1.98. The fraction of sp³-hybridized carbons (Fsp3) is 0.412. The first-order chi connectivity index (χ1) is 11.9. The number of carbonyl (C=O) groups excluding carboxylic acids is 1. The monoisotopic (exact) mass is 396 g/mol. The van der Waals surface area contributed by atoms with Crippen LogP contribution in [0.5, 0.6) is 0 Å². The molecule has 1 aliphatic rings. The lowest BCUT2D eigenvalue weighted by Gasteiger charge is -2.23. The molecule has 1 aromatic carbocycles. The van der Waals surface area contributed by atoms with Crippen LogP contribution in [0.2, 0.25) is 0 Å². The quantitative estimate of drug-likeness (QED) is 0.786. The fourth-order valence-electron chi connectivity index (χ4n) is 2.60. The van der Waals surface area contributed by atoms with E-state index in [-0.39, 0.29) is 23.5 Å². The molecule has 1 saturated heterocycles. The number of benzene rings is 1. The van der Waals surface area contributed by atoms with Gasteiger partial charge in [0.1, 0.15) is 14.2 Å². The zero-order chi connectivity index (χ0) is 17.9. The smallest absolute Gasteiger partial charge is 0.251 e. The van der Waals surface area contributed by atoms with E-state index in [4.69, 9.17) is 0 Å². The predicted octanol–water partition coefficient (Wildman–Crippen LogP) is 3.05. The van der Waals surface area contributed by atoms with Crippen molar-refractivity contribution in [3.63, 3.8) is 0 Å². The molecule has 0 spiro atoms. The number of nitrogens with one attached hydrogen (secondary N) is 1. The van der Waals surface area contributed by atoms with Crippen molar-refractivity contribution in [2.24, 2.45) is 0 Å². The largest absolute Gasteiger partial charge is 0.349 e. The van der Waals surface area contributed by atoms with Crippen molar-refractivity contribution in [1.82, 2.24) is 10.3 Å². The van der Waals surface area contributed by atoms with E-state index < -0.39 is 9.84 Å². The van der Waals surface area contributed by atoms with Crippen LogP contribution in [0.4, 0.5) is 0 Å². The van der Waals surface area contributed by atoms with E-state index in [1.54, 1.807) is 23.1 Å². The summed E-state index contributed by atoms with van der Waals surface area (Å²) in [7, 11) is -2.91. The van der Waals surface area contributed by atoms with Crippen molar-refractivity contribution in [2.45, 2.75) is 35.9 Å². The number of amides is 1. The van der Waals surface area contributed by atoms with Gasteiger partial charge in [0.05, 0.1) is 11.5 Å². The first-order valence-corrected chi connectivity index (χ1v) is 11.8. The van der Waals surface area contributed by atoms with Crippen molar-refractivity contribution in [3.05, 3.63) is 46.5 Å². The van der Waals surface area contributed by atoms with Gasteiger partial charge in [0.15, 0.2) is 0 Å². The Morgan fingerprint density at radius 2 is 1.96 bits per heavy atom. The van der Waals surface area contributed by atoms with E-state index in [0.29, 0.717) is 18.4 Å². The number of hydrogen-bond acceptors (Lipinski definition) is 6. The average molecular weight is 397 g/mol. The highest BCUT2D eigenvalue weighted by atomic mass is 32.2. The van der Waals surface area contributed by atoms with Gasteiger partial charge in [-0.3, -0.25) is 4.79 Å². The van der Waals surface area contributed by atoms with Gasteiger partial charge in [-0.2, -0.15) is 0 Å². The number of nitrogens with zero attached hydrogens (tertiary/aromatic N) is 1. The molecule has 8 heteroatoms. The summed E-state index contributed by atoms with van der Waals surface area (Å²) in [6, 6.07) is 7.48. The number of carbonyl (C=O) groups is 1. The van der Waals surface area contributed by atoms with Crippen LogP contribution < -0.4 is 5.32 Å². The van der Waals surface area contributed by atoms with E-state index in [0.717, 1.165) is 21.3 Å². The fourth-order valence-corrected chi connectivity index (χ4v) is 5.90. The highest BCUT2D eigenvalue weighted by molar-refractivity contribution is 8.00. The zero-order valence-corrected chi connectivity index (χ0v) is 16.3. The maximum atomic E-state index is 12.3. The van der Waals surface area contributed by atoms with Crippen LogP contribution in [0.25, 0.3) is 0 Å². The van der Waals surface area contributed by atoms with Gasteiger partial charge in [-0.15, -0.1) is 11.3 Å². The standard InChI is InChI=1S/C17H20N2O3S3/c1-12-10-23-17(18-12)24-11-13-2-4-14(5-3-13)16(20)19-15-6-8-25(21,22)9-7-15/h2-5,10,15H,6-9,11H2,1H3,(H,19,20). The Labute approximate surface area is 156 Å². The minimum absolute atomic E-state index is 0.0561. The Balaban J connectivity index is 1.52. The average Bonchev–Trinajstić information content (AvgIpc) is 3.01. The summed E-state index contributed by atoms with van der Waals surface area (Å²) in [6.07, 6.45) is 0.992. The van der Waals surface area contributed by atoms with E-state index in [1.807, 2.05) is 36.6 Å². The van der Waals surface area contributed by atoms with Crippen molar-refractivity contribution >= 4 is 38.8 Å². The highest BCUT2D eigenvalue weighted by Gasteiger charge is 2.24. The van der Waals surface area contributed by atoms with Crippen molar-refractivity contribution in [3.8, 4) is 0 Å². The third kappa shape index (κ3) is 5.29. The van der Waals surface area contributed by atoms with Gasteiger partial charge in [-0.05, 0) is 37.5 Å². The van der Waals surface area contributed by atoms with E-state index in [2.05, 4.69) is 10.3 Å². The van der Waals surface area contributed by atoms with Gasteiger partial charge >= 0.3 is 0 Å². The van der Waals surface area contributed by atoms with Gasteiger partial charge < -0.3 is 5.32 Å². The zero-order valence-electron chi connectivity index (χ0n) is 13.9. The molecule has 0 radical (unpaired) electrons. The van der Waals surface area contributed by atoms with Crippen LogP contribution in [0.15, 0.2) is 34.0 Å². The number of aromatic nitrogens is 1. The summed E-state index contributed by atoms with van der Waals surface area (Å²) in [5, 5.41) is 4.97. The Kier molecular flexibility index (Phi) is 5.81. The van der Waals surface area contributed by atoms with Gasteiger partial charge in [0.25, 0.3) is 5.91 Å². The van der Waals surface area contributed by atoms with Crippen LogP contribution in [0.3, 0.4) is 0 Å². The van der Waals surface area contributed by atoms with E-state index >= 15 is 0 Å². The Hall–Kier alpha value is -1.38. The summed E-state index contributed by atoms with van der Waals surface area (Å²) in [4.78, 5) is 16.7. The topological polar surface area (TPSA) is 76.1 Å². The lowest BCUT2D eigenvalue weighted by Crippen LogP contribution is -2.40. The SMILES string of the molecule is Cc1csc(SCc2ccc(C(=O)NC3CCS(=O)(=O)CC3)cc2)n1. The van der Waals surface area contributed by atoms with Crippen LogP contribution in [0, 0.1) is 6.92 Å². The van der Waals surface area contributed by atoms with E-state index in [9.17, 15) is 13.2 Å². The number of rotatable bonds is 5. The molecule has 0 unspecified atom stereocenters. The first-order valence-electron chi connectivity index (χ1n) is 8.06. The third-order valence-corrected chi connectivity index (χ3v) is 7.99. The molecule has 1 aromatic heterocycles. The maximum Gasteiger partial charge on any atom is 0.251 e. The molecule has 1 fully saturated rings. The lowest BCUT2D eigenvalue weighted by molar-refractivity contribution is 0.0934. The van der Waals surface area contributed by atoms with Gasteiger partial charge in [0.2, 0.25) is 0 Å². The van der Waals surface area contributed by atoms with Crippen molar-refractivity contribution in [1.29, 1.82) is 0 Å². The molecule has 25 heavy (non-hydrogen) atoms. The molecule has 0 saturated carbocycles. The molecule has 5 nitrogen and oxygen atoms in total. The molecule has 2 aromatic rings. The van der Waals surface area contributed by atoms with Crippen molar-refractivity contribution in [2.75, 3.05) is 11.5 Å². The molecule has 3 rings (SSSR count). The summed E-state index contributed by atoms with van der Waals surface area (Å²) in [5.41, 5.74) is 2.78. The first kappa shape index (κ1) is 18.4. The highest BCUT2D eigenvalue weighted by Crippen LogP contribution is 2.26. The number of hydrogen-bond donors (Lipinski definition) is 1. The van der Waals surface area contributed by atoms with Gasteiger partial charge in [-0.25, -0.2) is 13.4 Å². The Morgan fingerprint density at radius 1 is 1.28 bits per heavy atom. The van der Waals surface area contributed by atoms with Crippen LogP contribution in [-0.4, -0.2) is 36.9 Å². The third-order valence-electron chi connectivity index (χ3n) is 4.07. The molecule has 0 bridgehead atoms. The Morgan fingerprint density at radius 3 is 2.56 bits per heavy atom. The molecular formula is C17H20N2O3S3. The predicted molar refractivity (Wildman–Crippen MR) is 102 cm³/mol. The summed E-state index contributed by atoms with van der Waals surface area (Å²) < 4.78 is 23.9. The molecule has 2 heterocycles. The molecule has 134 valence electrons. The second kappa shape index (κ2) is 7.88. The summed E-state index contributed by atoms with van der Waals surface area (Å²) in [5.74, 6) is 0.989. The summed E-state index contributed by atoms with van der Waals surface area (Å²) >= 11 is 3.33. The van der Waals surface area contributed by atoms with Crippen molar-refractivity contribution < 1.29 is 13.2 Å². The van der Waals surface area contributed by atoms with Crippen LogP contribution in [-0.2, 0) is 15.6 Å². The number of thiazole rings is 1. The lowest BCUT2D eigenvalue weighted by atomic mass is 10.1. The minimum Gasteiger partial charge on any atom is -0.349 e. The molecular weight excluding hydrogens is 376 g/mol. The van der Waals surface area contributed by atoms with Gasteiger partial charge in [-0.1, -0.05) is 23.9 Å². The molecule has 0 atom stereocenters. The number of sulfone groups is 1. The minimum atomic E-state index is -2.91. The molecule has 0 aliphatic carbocycles. The number of thioether (sulfide) groups is 1. The Bertz CT molecular complexity index is 830. The normalized spacial score (nSPS) is 17.3. The van der Waals surface area contributed by atoms with E-state index in [1.165, 1.54) is 0 Å². The maximum absolute atomic E-state index is 12.3. The molecule has 1 N–H and O–H groups in total.